The van der Waals surface area contributed by atoms with Gasteiger partial charge in [0.1, 0.15) is 0 Å². The Labute approximate surface area is 87.3 Å². The Morgan fingerprint density at radius 1 is 1.21 bits per heavy atom. The van der Waals surface area contributed by atoms with E-state index in [1.54, 1.807) is 14.0 Å². The van der Waals surface area contributed by atoms with Gasteiger partial charge in [0.15, 0.2) is 0 Å². The Morgan fingerprint density at radius 3 is 2.29 bits per heavy atom. The number of aliphatic hydroxyl groups excluding tert-OH is 1. The molecule has 0 aliphatic heterocycles. The molecular formula is C9H22O4Si. The molecule has 0 amide bonds. The molecule has 1 atom stereocenters. The van der Waals surface area contributed by atoms with Gasteiger partial charge < -0.3 is 19.0 Å². The second kappa shape index (κ2) is 7.36. The average Bonchev–Trinajstić information content (AvgIpc) is 2.10. The molecule has 0 saturated carbocycles. The smallest absolute Gasteiger partial charge is 0.211 e. The van der Waals surface area contributed by atoms with Crippen molar-refractivity contribution < 1.29 is 19.0 Å². The first-order chi connectivity index (χ1) is 6.48. The third-order valence-electron chi connectivity index (χ3n) is 1.73. The summed E-state index contributed by atoms with van der Waals surface area (Å²) in [6, 6.07) is 0. The molecule has 1 unspecified atom stereocenters. The van der Waals surface area contributed by atoms with Gasteiger partial charge >= 0.3 is 0 Å². The fourth-order valence-electron chi connectivity index (χ4n) is 0.749. The molecule has 1 N–H and O–H groups in total. The monoisotopic (exact) mass is 222 g/mol. The van der Waals surface area contributed by atoms with Gasteiger partial charge in [0.25, 0.3) is 0 Å². The molecule has 0 aromatic rings. The standard InChI is InChI=1S/C9H22O4Si/c1-9(10)7-12-5-6-13-8-14(3,4)11-2/h9-10H,5-8H2,1-4H3. The van der Waals surface area contributed by atoms with Gasteiger partial charge in [-0.1, -0.05) is 0 Å². The quantitative estimate of drug-likeness (QED) is 0.487. The van der Waals surface area contributed by atoms with Crippen LogP contribution in [0.5, 0.6) is 0 Å². The van der Waals surface area contributed by atoms with Gasteiger partial charge in [0.05, 0.1) is 32.2 Å². The molecular weight excluding hydrogens is 200 g/mol. The SMILES string of the molecule is CO[Si](C)(C)COCCOCC(C)O. The minimum atomic E-state index is -1.59. The number of rotatable bonds is 8. The summed E-state index contributed by atoms with van der Waals surface area (Å²) < 4.78 is 15.9. The van der Waals surface area contributed by atoms with E-state index in [1.807, 2.05) is 0 Å². The van der Waals surface area contributed by atoms with E-state index in [1.165, 1.54) is 0 Å². The average molecular weight is 222 g/mol. The van der Waals surface area contributed by atoms with Gasteiger partial charge in [-0.25, -0.2) is 0 Å². The fourth-order valence-corrected chi connectivity index (χ4v) is 1.50. The van der Waals surface area contributed by atoms with Crippen LogP contribution in [0.1, 0.15) is 6.92 Å². The van der Waals surface area contributed by atoms with E-state index in [-0.39, 0.29) is 0 Å². The van der Waals surface area contributed by atoms with Crippen LogP contribution in [-0.2, 0) is 13.9 Å². The summed E-state index contributed by atoms with van der Waals surface area (Å²) in [5.41, 5.74) is 0. The van der Waals surface area contributed by atoms with E-state index < -0.39 is 14.4 Å². The molecule has 0 aliphatic carbocycles. The van der Waals surface area contributed by atoms with Crippen molar-refractivity contribution in [1.29, 1.82) is 0 Å². The maximum absolute atomic E-state index is 8.90. The molecule has 0 bridgehead atoms. The molecule has 86 valence electrons. The first-order valence-corrected chi connectivity index (χ1v) is 7.98. The first kappa shape index (κ1) is 14.1. The van der Waals surface area contributed by atoms with Gasteiger partial charge in [-0.3, -0.25) is 0 Å². The third kappa shape index (κ3) is 8.65. The first-order valence-electron chi connectivity index (χ1n) is 4.86. The highest BCUT2D eigenvalue weighted by atomic mass is 28.4. The highest BCUT2D eigenvalue weighted by Crippen LogP contribution is 2.02. The lowest BCUT2D eigenvalue weighted by Crippen LogP contribution is -2.36. The Hall–Kier alpha value is 0.0569. The summed E-state index contributed by atoms with van der Waals surface area (Å²) in [5, 5.41) is 8.90. The zero-order chi connectivity index (χ0) is 11.0. The van der Waals surface area contributed by atoms with E-state index in [2.05, 4.69) is 13.1 Å². The third-order valence-corrected chi connectivity index (χ3v) is 3.74. The number of hydrogen-bond donors (Lipinski definition) is 1. The predicted molar refractivity (Wildman–Crippen MR) is 57.8 cm³/mol. The molecule has 0 radical (unpaired) electrons. The normalized spacial score (nSPS) is 14.4. The van der Waals surface area contributed by atoms with E-state index >= 15 is 0 Å². The lowest BCUT2D eigenvalue weighted by atomic mass is 10.4. The zero-order valence-corrected chi connectivity index (χ0v) is 10.6. The van der Waals surface area contributed by atoms with E-state index in [0.717, 1.165) is 0 Å². The van der Waals surface area contributed by atoms with Crippen LogP contribution in [0.25, 0.3) is 0 Å². The molecule has 0 rings (SSSR count). The number of ether oxygens (including phenoxy) is 2. The van der Waals surface area contributed by atoms with E-state index in [0.29, 0.717) is 26.1 Å². The summed E-state index contributed by atoms with van der Waals surface area (Å²) in [4.78, 5) is 0. The molecule has 0 heterocycles. The fraction of sp³-hybridized carbons (Fsp3) is 1.00. The van der Waals surface area contributed by atoms with Crippen LogP contribution in [0.3, 0.4) is 0 Å². The summed E-state index contributed by atoms with van der Waals surface area (Å²) in [5.74, 6) is 0. The maximum Gasteiger partial charge on any atom is 0.211 e. The summed E-state index contributed by atoms with van der Waals surface area (Å²) >= 11 is 0. The largest absolute Gasteiger partial charge is 0.418 e. The molecule has 0 aromatic carbocycles. The number of aliphatic hydroxyl groups is 1. The molecule has 0 fully saturated rings. The van der Waals surface area contributed by atoms with Crippen LogP contribution in [0.15, 0.2) is 0 Å². The second-order valence-corrected chi connectivity index (χ2v) is 8.16. The van der Waals surface area contributed by atoms with Gasteiger partial charge in [-0.15, -0.1) is 0 Å². The minimum Gasteiger partial charge on any atom is -0.418 e. The predicted octanol–water partition coefficient (Wildman–Crippen LogP) is 0.791. The summed E-state index contributed by atoms with van der Waals surface area (Å²) in [6.45, 7) is 7.36. The van der Waals surface area contributed by atoms with Crippen molar-refractivity contribution in [3.8, 4) is 0 Å². The number of hydrogen-bond acceptors (Lipinski definition) is 4. The summed E-state index contributed by atoms with van der Waals surface area (Å²) in [6.07, 6.45) is 0.279. The maximum atomic E-state index is 8.90. The van der Waals surface area contributed by atoms with E-state index in [4.69, 9.17) is 19.0 Å². The second-order valence-electron chi connectivity index (χ2n) is 3.94. The molecule has 0 aromatic heterocycles. The van der Waals surface area contributed by atoms with Crippen molar-refractivity contribution in [3.05, 3.63) is 0 Å². The van der Waals surface area contributed by atoms with E-state index in [9.17, 15) is 0 Å². The minimum absolute atomic E-state index is 0.370. The lowest BCUT2D eigenvalue weighted by Gasteiger charge is -2.19. The van der Waals surface area contributed by atoms with Crippen LogP contribution >= 0.6 is 0 Å². The molecule has 0 aliphatic rings. The highest BCUT2D eigenvalue weighted by molar-refractivity contribution is 6.71. The Bertz CT molecular complexity index is 139. The molecule has 5 heteroatoms. The van der Waals surface area contributed by atoms with Crippen LogP contribution in [-0.4, -0.2) is 52.7 Å². The van der Waals surface area contributed by atoms with Gasteiger partial charge in [0, 0.05) is 7.11 Å². The Morgan fingerprint density at radius 2 is 1.79 bits per heavy atom. The molecule has 4 nitrogen and oxygen atoms in total. The van der Waals surface area contributed by atoms with Crippen molar-refractivity contribution >= 4 is 8.32 Å². The van der Waals surface area contributed by atoms with Crippen LogP contribution in [0.2, 0.25) is 13.1 Å². The molecule has 14 heavy (non-hydrogen) atoms. The van der Waals surface area contributed by atoms with Crippen molar-refractivity contribution in [3.63, 3.8) is 0 Å². The molecule has 0 saturated heterocycles. The highest BCUT2D eigenvalue weighted by Gasteiger charge is 2.20. The van der Waals surface area contributed by atoms with Crippen molar-refractivity contribution in [1.82, 2.24) is 0 Å². The topological polar surface area (TPSA) is 47.9 Å². The lowest BCUT2D eigenvalue weighted by molar-refractivity contribution is 0.0151. The van der Waals surface area contributed by atoms with Gasteiger partial charge in [0.2, 0.25) is 8.32 Å². The molecule has 0 spiro atoms. The summed E-state index contributed by atoms with van der Waals surface area (Å²) in [7, 11) is 0.135. The van der Waals surface area contributed by atoms with Crippen LogP contribution < -0.4 is 0 Å². The van der Waals surface area contributed by atoms with Crippen LogP contribution in [0, 0.1) is 0 Å². The van der Waals surface area contributed by atoms with Crippen LogP contribution in [0.4, 0.5) is 0 Å². The zero-order valence-electron chi connectivity index (χ0n) is 9.58. The Balaban J connectivity index is 3.21. The van der Waals surface area contributed by atoms with Crippen molar-refractivity contribution in [2.45, 2.75) is 26.1 Å². The van der Waals surface area contributed by atoms with Crippen molar-refractivity contribution in [2.75, 3.05) is 33.2 Å². The van der Waals surface area contributed by atoms with Crippen molar-refractivity contribution in [2.24, 2.45) is 0 Å². The van der Waals surface area contributed by atoms with Gasteiger partial charge in [-0.2, -0.15) is 0 Å². The Kier molecular flexibility index (Phi) is 7.39. The van der Waals surface area contributed by atoms with Gasteiger partial charge in [-0.05, 0) is 20.0 Å².